The maximum Gasteiger partial charge on any atom is 0.194 e. The second kappa shape index (κ2) is 10.2. The number of Topliss-reactive ketones (excluding diaryl/α,β-unsaturated/α-hetero) is 1. The van der Waals surface area contributed by atoms with Gasteiger partial charge >= 0.3 is 0 Å². The zero-order chi connectivity index (χ0) is 16.9. The van der Waals surface area contributed by atoms with Crippen molar-refractivity contribution in [1.29, 1.82) is 0 Å². The van der Waals surface area contributed by atoms with Crippen LogP contribution in [0.3, 0.4) is 0 Å². The third kappa shape index (κ3) is 4.99. The van der Waals surface area contributed by atoms with E-state index in [2.05, 4.69) is 45.9 Å². The van der Waals surface area contributed by atoms with Crippen LogP contribution in [-0.4, -0.2) is 35.9 Å². The predicted molar refractivity (Wildman–Crippen MR) is 97.7 cm³/mol. The topological polar surface area (TPSA) is 17.1 Å². The number of hydrogen-bond donors (Lipinski definition) is 0. The molecule has 24 heavy (non-hydrogen) atoms. The molecule has 0 saturated carbocycles. The van der Waals surface area contributed by atoms with Gasteiger partial charge in [0.2, 0.25) is 0 Å². The van der Waals surface area contributed by atoms with Crippen molar-refractivity contribution in [3.05, 3.63) is 34.9 Å². The van der Waals surface area contributed by atoms with Crippen LogP contribution < -0.4 is 0 Å². The van der Waals surface area contributed by atoms with Crippen LogP contribution in [0.5, 0.6) is 0 Å². The van der Waals surface area contributed by atoms with E-state index in [0.29, 0.717) is 12.2 Å². The van der Waals surface area contributed by atoms with Gasteiger partial charge in [-0.3, -0.25) is 4.79 Å². The first-order valence-corrected chi connectivity index (χ1v) is 9.47. The van der Waals surface area contributed by atoms with Gasteiger partial charge in [-0.2, -0.15) is 0 Å². The van der Waals surface area contributed by atoms with Gasteiger partial charge in [-0.1, -0.05) is 32.0 Å². The Bertz CT molecular complexity index is 509. The summed E-state index contributed by atoms with van der Waals surface area (Å²) < 4.78 is 1.05. The Morgan fingerprint density at radius 1 is 1.08 bits per heavy atom. The molecule has 1 aliphatic rings. The van der Waals surface area contributed by atoms with Crippen molar-refractivity contribution in [3.8, 4) is 0 Å². The molecule has 0 spiro atoms. The Kier molecular flexibility index (Phi) is 9.34. The van der Waals surface area contributed by atoms with Gasteiger partial charge in [0.15, 0.2) is 5.78 Å². The van der Waals surface area contributed by atoms with Crippen LogP contribution in [0.2, 0.25) is 0 Å². The van der Waals surface area contributed by atoms with E-state index in [9.17, 15) is 4.79 Å². The molecule has 0 aliphatic carbocycles. The molecular weight excluding hydrogens is 371 g/mol. The van der Waals surface area contributed by atoms with Crippen molar-refractivity contribution in [3.63, 3.8) is 0 Å². The Hall–Kier alpha value is -0.0461. The maximum atomic E-state index is 13.2. The quantitative estimate of drug-likeness (QED) is 0.606. The molecule has 1 atom stereocenters. The number of carbonyl (C=O) groups excluding carboxylic acids is 1. The molecule has 1 aliphatic heterocycles. The Balaban J connectivity index is 0.00000288. The molecule has 1 radical (unpaired) electrons. The fourth-order valence-electron chi connectivity index (χ4n) is 4.62. The van der Waals surface area contributed by atoms with Crippen molar-refractivity contribution in [2.75, 3.05) is 19.6 Å². The molecule has 0 amide bonds. The van der Waals surface area contributed by atoms with Crippen molar-refractivity contribution >= 4 is 5.78 Å². The SMILES string of the molecule is CCC[N+]1([C@H](CC)C(=O)Cc2c(C)cccc2C)CCCCC1.[Y]. The third-order valence-electron chi connectivity index (χ3n) is 5.79. The molecule has 0 bridgehead atoms. The van der Waals surface area contributed by atoms with Crippen LogP contribution in [0.1, 0.15) is 62.6 Å². The Labute approximate surface area is 173 Å². The van der Waals surface area contributed by atoms with E-state index in [-0.39, 0.29) is 38.8 Å². The summed E-state index contributed by atoms with van der Waals surface area (Å²) in [5.41, 5.74) is 3.77. The van der Waals surface area contributed by atoms with Crippen LogP contribution in [-0.2, 0) is 43.9 Å². The Morgan fingerprint density at radius 2 is 1.67 bits per heavy atom. The summed E-state index contributed by atoms with van der Waals surface area (Å²) in [6.07, 6.45) is 6.67. The molecule has 0 N–H and O–H groups in total. The molecule has 1 fully saturated rings. The van der Waals surface area contributed by atoms with Gasteiger partial charge in [0.1, 0.15) is 6.04 Å². The smallest absolute Gasteiger partial charge is 0.194 e. The minimum absolute atomic E-state index is 0. The van der Waals surface area contributed by atoms with E-state index in [1.54, 1.807) is 0 Å². The average Bonchev–Trinajstić information content (AvgIpc) is 2.53. The molecular formula is C21H34NOY+. The number of carbonyl (C=O) groups is 1. The van der Waals surface area contributed by atoms with E-state index in [1.165, 1.54) is 55.5 Å². The number of aryl methyl sites for hydroxylation is 2. The van der Waals surface area contributed by atoms with Gasteiger partial charge in [-0.15, -0.1) is 0 Å². The summed E-state index contributed by atoms with van der Waals surface area (Å²) in [4.78, 5) is 13.2. The van der Waals surface area contributed by atoms with Gasteiger partial charge in [-0.25, -0.2) is 0 Å². The standard InChI is InChI=1S/C21H34NO.Y/c1-5-13-22(14-8-7-9-15-22)20(6-2)21(23)16-19-17(3)11-10-12-18(19)4;/h10-12,20H,5-9,13-16H2,1-4H3;/q+1;/t20-;/m1./s1. The van der Waals surface area contributed by atoms with Crippen LogP contribution in [0.25, 0.3) is 0 Å². The minimum atomic E-state index is 0. The van der Waals surface area contributed by atoms with E-state index in [0.717, 1.165) is 17.4 Å². The average molecular weight is 405 g/mol. The Morgan fingerprint density at radius 3 is 2.17 bits per heavy atom. The zero-order valence-electron chi connectivity index (χ0n) is 16.1. The first kappa shape index (κ1) is 22.0. The summed E-state index contributed by atoms with van der Waals surface area (Å²) in [6, 6.07) is 6.54. The molecule has 2 nitrogen and oxygen atoms in total. The molecule has 1 saturated heterocycles. The molecule has 0 aromatic heterocycles. The summed E-state index contributed by atoms with van der Waals surface area (Å²) >= 11 is 0. The summed E-state index contributed by atoms with van der Waals surface area (Å²) in [5.74, 6) is 0.459. The largest absolute Gasteiger partial charge is 0.315 e. The summed E-state index contributed by atoms with van der Waals surface area (Å²) in [5, 5.41) is 0. The van der Waals surface area contributed by atoms with E-state index >= 15 is 0 Å². The second-order valence-electron chi connectivity index (χ2n) is 7.39. The second-order valence-corrected chi connectivity index (χ2v) is 7.39. The third-order valence-corrected chi connectivity index (χ3v) is 5.79. The maximum absolute atomic E-state index is 13.2. The molecule has 1 aromatic rings. The number of ketones is 1. The number of quaternary nitrogens is 1. The number of hydrogen-bond acceptors (Lipinski definition) is 1. The van der Waals surface area contributed by atoms with Crippen molar-refractivity contribution < 1.29 is 42.0 Å². The number of benzene rings is 1. The molecule has 3 heteroatoms. The number of likely N-dealkylation sites (tertiary alicyclic amines) is 1. The van der Waals surface area contributed by atoms with Crippen molar-refractivity contribution in [1.82, 2.24) is 0 Å². The molecule has 131 valence electrons. The van der Waals surface area contributed by atoms with E-state index in [4.69, 9.17) is 0 Å². The summed E-state index contributed by atoms with van der Waals surface area (Å²) in [6.45, 7) is 12.3. The normalized spacial score (nSPS) is 17.8. The van der Waals surface area contributed by atoms with Crippen LogP contribution in [0.15, 0.2) is 18.2 Å². The van der Waals surface area contributed by atoms with Crippen LogP contribution in [0, 0.1) is 13.8 Å². The number of piperidine rings is 1. The van der Waals surface area contributed by atoms with E-state index < -0.39 is 0 Å². The first-order valence-electron chi connectivity index (χ1n) is 9.47. The molecule has 1 aromatic carbocycles. The fourth-order valence-corrected chi connectivity index (χ4v) is 4.62. The fraction of sp³-hybridized carbons (Fsp3) is 0.667. The predicted octanol–water partition coefficient (Wildman–Crippen LogP) is 4.60. The van der Waals surface area contributed by atoms with Gasteiger partial charge in [0, 0.05) is 45.6 Å². The molecule has 1 heterocycles. The number of rotatable bonds is 7. The monoisotopic (exact) mass is 405 g/mol. The van der Waals surface area contributed by atoms with Gasteiger partial charge < -0.3 is 4.48 Å². The molecule has 0 unspecified atom stereocenters. The van der Waals surface area contributed by atoms with Crippen molar-refractivity contribution in [2.45, 2.75) is 72.3 Å². The summed E-state index contributed by atoms with van der Waals surface area (Å²) in [7, 11) is 0. The van der Waals surface area contributed by atoms with Crippen LogP contribution in [0.4, 0.5) is 0 Å². The molecule has 2 rings (SSSR count). The van der Waals surface area contributed by atoms with Crippen LogP contribution >= 0.6 is 0 Å². The van der Waals surface area contributed by atoms with Gasteiger partial charge in [0.25, 0.3) is 0 Å². The minimum Gasteiger partial charge on any atom is -0.315 e. The first-order chi connectivity index (χ1) is 11.0. The van der Waals surface area contributed by atoms with Gasteiger partial charge in [-0.05, 0) is 56.2 Å². The van der Waals surface area contributed by atoms with E-state index in [1.807, 2.05) is 0 Å². The number of nitrogens with zero attached hydrogens (tertiary/aromatic N) is 1. The zero-order valence-corrected chi connectivity index (χ0v) is 18.9. The van der Waals surface area contributed by atoms with Gasteiger partial charge in [0.05, 0.1) is 19.6 Å². The van der Waals surface area contributed by atoms with Crippen molar-refractivity contribution in [2.24, 2.45) is 0 Å².